The second-order valence-corrected chi connectivity index (χ2v) is 6.15. The number of benzene rings is 3. The van der Waals surface area contributed by atoms with Crippen LogP contribution in [0.25, 0.3) is 6.08 Å². The molecule has 0 aliphatic heterocycles. The minimum absolute atomic E-state index is 0.357. The first-order valence-corrected chi connectivity index (χ1v) is 8.42. The van der Waals surface area contributed by atoms with Crippen LogP contribution in [0.15, 0.2) is 60.7 Å². The Labute approximate surface area is 164 Å². The minimum atomic E-state index is -0.697. The fourth-order valence-corrected chi connectivity index (χ4v) is 2.55. The summed E-state index contributed by atoms with van der Waals surface area (Å²) in [4.78, 5) is 12.3. The molecule has 3 N–H and O–H groups in total. The Balaban J connectivity index is 1.73. The number of ketones is 1. The molecule has 0 bridgehead atoms. The van der Waals surface area contributed by atoms with Gasteiger partial charge in [-0.1, -0.05) is 29.8 Å². The van der Waals surface area contributed by atoms with Gasteiger partial charge in [0.15, 0.2) is 11.5 Å². The summed E-state index contributed by atoms with van der Waals surface area (Å²) in [6, 6.07) is 13.2. The fourth-order valence-electron chi connectivity index (χ4n) is 2.40. The highest BCUT2D eigenvalue weighted by molar-refractivity contribution is 6.34. The lowest BCUT2D eigenvalue weighted by Gasteiger charge is -2.07. The smallest absolute Gasteiger partial charge is 0.193 e. The van der Waals surface area contributed by atoms with Crippen LogP contribution in [-0.4, -0.2) is 21.1 Å². The molecule has 0 spiro atoms. The average molecular weight is 401 g/mol. The van der Waals surface area contributed by atoms with Crippen LogP contribution in [0.5, 0.6) is 28.7 Å². The first-order valence-electron chi connectivity index (χ1n) is 8.04. The van der Waals surface area contributed by atoms with E-state index in [0.717, 1.165) is 12.1 Å². The van der Waals surface area contributed by atoms with Gasteiger partial charge in [-0.25, -0.2) is 4.39 Å². The molecular weight excluding hydrogens is 387 g/mol. The summed E-state index contributed by atoms with van der Waals surface area (Å²) in [5, 5.41) is 28.7. The molecular formula is C21H14ClFO5. The van der Waals surface area contributed by atoms with Crippen molar-refractivity contribution in [3.05, 3.63) is 82.6 Å². The van der Waals surface area contributed by atoms with Gasteiger partial charge in [-0.3, -0.25) is 4.79 Å². The SMILES string of the molecule is O=C(/C=C/c1ccc(Oc2ccc(F)cc2)cc1)c1c(O)cc(O)c(Cl)c1O. The zero-order valence-corrected chi connectivity index (χ0v) is 15.0. The average Bonchev–Trinajstić information content (AvgIpc) is 2.67. The Morgan fingerprint density at radius 3 is 2.11 bits per heavy atom. The van der Waals surface area contributed by atoms with Crippen LogP contribution in [-0.2, 0) is 0 Å². The maximum atomic E-state index is 12.9. The second-order valence-electron chi connectivity index (χ2n) is 5.78. The van der Waals surface area contributed by atoms with Crippen molar-refractivity contribution >= 4 is 23.5 Å². The largest absolute Gasteiger partial charge is 0.507 e. The van der Waals surface area contributed by atoms with E-state index >= 15 is 0 Å². The van der Waals surface area contributed by atoms with Crippen LogP contribution in [0.4, 0.5) is 4.39 Å². The van der Waals surface area contributed by atoms with E-state index in [1.54, 1.807) is 24.3 Å². The van der Waals surface area contributed by atoms with Crippen LogP contribution in [0, 0.1) is 5.82 Å². The summed E-state index contributed by atoms with van der Waals surface area (Å²) in [5.41, 5.74) is 0.249. The van der Waals surface area contributed by atoms with E-state index in [0.29, 0.717) is 17.1 Å². The highest BCUT2D eigenvalue weighted by Gasteiger charge is 2.20. The van der Waals surface area contributed by atoms with Gasteiger partial charge in [-0.15, -0.1) is 0 Å². The lowest BCUT2D eigenvalue weighted by molar-refractivity contribution is 0.104. The molecule has 0 atom stereocenters. The van der Waals surface area contributed by atoms with Crippen molar-refractivity contribution in [2.45, 2.75) is 0 Å². The number of hydrogen-bond donors (Lipinski definition) is 3. The maximum Gasteiger partial charge on any atom is 0.193 e. The molecule has 0 fully saturated rings. The van der Waals surface area contributed by atoms with E-state index in [-0.39, 0.29) is 5.82 Å². The molecule has 0 radical (unpaired) electrons. The maximum absolute atomic E-state index is 12.9. The van der Waals surface area contributed by atoms with Crippen molar-refractivity contribution in [2.24, 2.45) is 0 Å². The molecule has 0 heterocycles. The predicted octanol–water partition coefficient (Wildman–Crippen LogP) is 5.28. The van der Waals surface area contributed by atoms with Gasteiger partial charge in [0, 0.05) is 6.07 Å². The van der Waals surface area contributed by atoms with Crippen LogP contribution >= 0.6 is 11.6 Å². The molecule has 7 heteroatoms. The van der Waals surface area contributed by atoms with E-state index in [2.05, 4.69) is 0 Å². The third kappa shape index (κ3) is 4.24. The van der Waals surface area contributed by atoms with Crippen LogP contribution in [0.3, 0.4) is 0 Å². The number of aromatic hydroxyl groups is 3. The summed E-state index contributed by atoms with van der Waals surface area (Å²) < 4.78 is 18.5. The van der Waals surface area contributed by atoms with Gasteiger partial charge < -0.3 is 20.1 Å². The van der Waals surface area contributed by atoms with Crippen LogP contribution in [0.1, 0.15) is 15.9 Å². The molecule has 0 aliphatic carbocycles. The van der Waals surface area contributed by atoms with Crippen LogP contribution in [0.2, 0.25) is 5.02 Å². The number of carbonyl (C=O) groups is 1. The number of carbonyl (C=O) groups excluding carboxylic acids is 1. The first-order chi connectivity index (χ1) is 13.3. The molecule has 0 unspecified atom stereocenters. The highest BCUT2D eigenvalue weighted by Crippen LogP contribution is 2.41. The van der Waals surface area contributed by atoms with Gasteiger partial charge in [0.1, 0.15) is 39.4 Å². The van der Waals surface area contributed by atoms with Gasteiger partial charge >= 0.3 is 0 Å². The quantitative estimate of drug-likeness (QED) is 0.400. The van der Waals surface area contributed by atoms with Gasteiger partial charge in [0.05, 0.1) is 0 Å². The number of ether oxygens (including phenoxy) is 1. The molecule has 3 aromatic carbocycles. The van der Waals surface area contributed by atoms with Gasteiger partial charge in [-0.05, 0) is 48.0 Å². The Morgan fingerprint density at radius 1 is 0.929 bits per heavy atom. The monoisotopic (exact) mass is 400 g/mol. The zero-order chi connectivity index (χ0) is 20.3. The van der Waals surface area contributed by atoms with Crippen molar-refractivity contribution in [2.75, 3.05) is 0 Å². The molecule has 0 amide bonds. The number of rotatable bonds is 5. The normalized spacial score (nSPS) is 10.9. The Hall–Kier alpha value is -3.51. The van der Waals surface area contributed by atoms with E-state index in [1.807, 2.05) is 0 Å². The van der Waals surface area contributed by atoms with E-state index in [4.69, 9.17) is 16.3 Å². The van der Waals surface area contributed by atoms with Crippen molar-refractivity contribution in [1.29, 1.82) is 0 Å². The number of halogens is 2. The molecule has 0 aromatic heterocycles. The summed E-state index contributed by atoms with van der Waals surface area (Å²) >= 11 is 5.69. The molecule has 0 saturated carbocycles. The van der Waals surface area contributed by atoms with Gasteiger partial charge in [-0.2, -0.15) is 0 Å². The second kappa shape index (κ2) is 8.02. The zero-order valence-electron chi connectivity index (χ0n) is 14.3. The van der Waals surface area contributed by atoms with E-state index < -0.39 is 33.6 Å². The van der Waals surface area contributed by atoms with Crippen molar-refractivity contribution < 1.29 is 29.2 Å². The van der Waals surface area contributed by atoms with E-state index in [1.165, 1.54) is 30.3 Å². The summed E-state index contributed by atoms with van der Waals surface area (Å²) in [6.07, 6.45) is 2.63. The molecule has 0 aliphatic rings. The van der Waals surface area contributed by atoms with Crippen molar-refractivity contribution in [3.8, 4) is 28.7 Å². The third-order valence-corrected chi connectivity index (χ3v) is 4.17. The van der Waals surface area contributed by atoms with Crippen molar-refractivity contribution in [1.82, 2.24) is 0 Å². The molecule has 3 rings (SSSR count). The molecule has 0 saturated heterocycles. The summed E-state index contributed by atoms with van der Waals surface area (Å²) in [6.45, 7) is 0. The molecule has 5 nitrogen and oxygen atoms in total. The minimum Gasteiger partial charge on any atom is -0.507 e. The molecule has 28 heavy (non-hydrogen) atoms. The third-order valence-electron chi connectivity index (χ3n) is 3.80. The summed E-state index contributed by atoms with van der Waals surface area (Å²) in [7, 11) is 0. The predicted molar refractivity (Wildman–Crippen MR) is 103 cm³/mol. The standard InChI is InChI=1S/C21H14ClFO5/c22-20-18(26)11-17(25)19(21(20)27)16(24)10-3-12-1-6-14(7-2-12)28-15-8-4-13(23)5-9-15/h1-11,25-27H/b10-3+. The molecule has 3 aromatic rings. The first kappa shape index (κ1) is 19.3. The van der Waals surface area contributed by atoms with Gasteiger partial charge in [0.25, 0.3) is 0 Å². The lowest BCUT2D eigenvalue weighted by atomic mass is 10.1. The Kier molecular flexibility index (Phi) is 5.52. The van der Waals surface area contributed by atoms with E-state index in [9.17, 15) is 24.5 Å². The van der Waals surface area contributed by atoms with Crippen molar-refractivity contribution in [3.63, 3.8) is 0 Å². The van der Waals surface area contributed by atoms with Gasteiger partial charge in [0.2, 0.25) is 0 Å². The fraction of sp³-hybridized carbons (Fsp3) is 0. The topological polar surface area (TPSA) is 87.0 Å². The summed E-state index contributed by atoms with van der Waals surface area (Å²) in [5.74, 6) is -1.86. The Morgan fingerprint density at radius 2 is 1.50 bits per heavy atom. The number of allylic oxidation sites excluding steroid dienone is 1. The number of phenolic OH excluding ortho intramolecular Hbond substituents is 3. The van der Waals surface area contributed by atoms with Crippen LogP contribution < -0.4 is 4.74 Å². The molecule has 142 valence electrons. The lowest BCUT2D eigenvalue weighted by Crippen LogP contribution is -1.96. The highest BCUT2D eigenvalue weighted by atomic mass is 35.5. The Bertz CT molecular complexity index is 1040. The number of phenols is 3. The number of hydrogen-bond acceptors (Lipinski definition) is 5.